The molecule has 0 spiro atoms. The van der Waals surface area contributed by atoms with Crippen molar-refractivity contribution in [3.05, 3.63) is 88.6 Å². The van der Waals surface area contributed by atoms with Crippen molar-refractivity contribution < 1.29 is 4.79 Å². The smallest absolute Gasteiger partial charge is 0.308 e. The number of aromatic nitrogens is 3. The van der Waals surface area contributed by atoms with Crippen molar-refractivity contribution in [1.29, 1.82) is 0 Å². The minimum atomic E-state index is -0.361. The minimum Gasteiger partial charge on any atom is -0.308 e. The van der Waals surface area contributed by atoms with E-state index in [0.717, 1.165) is 16.7 Å². The first-order valence-electron chi connectivity index (χ1n) is 9.09. The molecule has 3 heterocycles. The lowest BCUT2D eigenvalue weighted by Crippen LogP contribution is -2.20. The SMILES string of the molecule is Cc1cccc(NC(=O)Nc2ccc(-c3ccn4c(=O)cc(C)nc4c3)cn2)c1. The van der Waals surface area contributed by atoms with Crippen LogP contribution in [0.25, 0.3) is 16.8 Å². The Kier molecular flexibility index (Phi) is 4.78. The predicted molar refractivity (Wildman–Crippen MR) is 113 cm³/mol. The molecular weight excluding hydrogens is 366 g/mol. The highest BCUT2D eigenvalue weighted by Gasteiger charge is 2.06. The van der Waals surface area contributed by atoms with Crippen LogP contribution >= 0.6 is 0 Å². The summed E-state index contributed by atoms with van der Waals surface area (Å²) in [4.78, 5) is 32.9. The third kappa shape index (κ3) is 4.14. The molecule has 0 fully saturated rings. The molecule has 0 aliphatic heterocycles. The van der Waals surface area contributed by atoms with Crippen LogP contribution in [0.5, 0.6) is 0 Å². The number of hydrogen-bond donors (Lipinski definition) is 2. The Balaban J connectivity index is 1.51. The Bertz CT molecular complexity index is 1260. The van der Waals surface area contributed by atoms with Crippen molar-refractivity contribution in [2.75, 3.05) is 10.6 Å². The number of fused-ring (bicyclic) bond motifs is 1. The zero-order valence-electron chi connectivity index (χ0n) is 16.0. The number of hydrogen-bond acceptors (Lipinski definition) is 4. The van der Waals surface area contributed by atoms with Gasteiger partial charge in [0.2, 0.25) is 0 Å². The Morgan fingerprint density at radius 1 is 0.966 bits per heavy atom. The van der Waals surface area contributed by atoms with Crippen LogP contribution in [-0.4, -0.2) is 20.4 Å². The maximum Gasteiger partial charge on any atom is 0.324 e. The lowest BCUT2D eigenvalue weighted by Gasteiger charge is -2.09. The van der Waals surface area contributed by atoms with Crippen molar-refractivity contribution in [2.24, 2.45) is 0 Å². The van der Waals surface area contributed by atoms with Crippen LogP contribution in [0.3, 0.4) is 0 Å². The largest absolute Gasteiger partial charge is 0.324 e. The third-order valence-corrected chi connectivity index (χ3v) is 4.41. The number of pyridine rings is 2. The molecule has 144 valence electrons. The number of nitrogens with zero attached hydrogens (tertiary/aromatic N) is 3. The number of benzene rings is 1. The topological polar surface area (TPSA) is 88.4 Å². The molecule has 0 bridgehead atoms. The van der Waals surface area contributed by atoms with Gasteiger partial charge in [-0.15, -0.1) is 0 Å². The summed E-state index contributed by atoms with van der Waals surface area (Å²) < 4.78 is 1.50. The van der Waals surface area contributed by atoms with E-state index in [1.54, 1.807) is 25.4 Å². The fraction of sp³-hybridized carbons (Fsp3) is 0.0909. The van der Waals surface area contributed by atoms with E-state index in [1.165, 1.54) is 10.5 Å². The molecule has 4 aromatic rings. The number of carbonyl (C=O) groups is 1. The molecular formula is C22H19N5O2. The van der Waals surface area contributed by atoms with Gasteiger partial charge in [0.05, 0.1) is 0 Å². The normalized spacial score (nSPS) is 10.7. The summed E-state index contributed by atoms with van der Waals surface area (Å²) in [5.41, 5.74) is 4.65. The van der Waals surface area contributed by atoms with Crippen LogP contribution in [0.1, 0.15) is 11.3 Å². The molecule has 2 N–H and O–H groups in total. The third-order valence-electron chi connectivity index (χ3n) is 4.41. The summed E-state index contributed by atoms with van der Waals surface area (Å²) in [6.07, 6.45) is 3.36. The van der Waals surface area contributed by atoms with E-state index in [2.05, 4.69) is 20.6 Å². The van der Waals surface area contributed by atoms with Crippen LogP contribution in [-0.2, 0) is 0 Å². The number of nitrogens with one attached hydrogen (secondary N) is 2. The molecule has 0 saturated heterocycles. The van der Waals surface area contributed by atoms with Crippen molar-refractivity contribution in [3.63, 3.8) is 0 Å². The van der Waals surface area contributed by atoms with Gasteiger partial charge in [0.15, 0.2) is 0 Å². The number of rotatable bonds is 3. The van der Waals surface area contributed by atoms with Gasteiger partial charge in [-0.3, -0.25) is 14.5 Å². The second-order valence-electron chi connectivity index (χ2n) is 6.76. The molecule has 4 rings (SSSR count). The second kappa shape index (κ2) is 7.55. The first kappa shape index (κ1) is 18.4. The predicted octanol–water partition coefficient (Wildman–Crippen LogP) is 4.02. The Morgan fingerprint density at radius 2 is 1.83 bits per heavy atom. The summed E-state index contributed by atoms with van der Waals surface area (Å²) in [5, 5.41) is 5.49. The fourth-order valence-electron chi connectivity index (χ4n) is 3.04. The van der Waals surface area contributed by atoms with E-state index >= 15 is 0 Å². The molecule has 0 unspecified atom stereocenters. The van der Waals surface area contributed by atoms with Crippen molar-refractivity contribution in [2.45, 2.75) is 13.8 Å². The number of urea groups is 1. The first-order chi connectivity index (χ1) is 14.0. The summed E-state index contributed by atoms with van der Waals surface area (Å²) >= 11 is 0. The van der Waals surface area contributed by atoms with E-state index in [-0.39, 0.29) is 11.6 Å². The minimum absolute atomic E-state index is 0.114. The fourth-order valence-corrected chi connectivity index (χ4v) is 3.04. The monoisotopic (exact) mass is 385 g/mol. The van der Waals surface area contributed by atoms with Gasteiger partial charge >= 0.3 is 6.03 Å². The Labute approximate surface area is 167 Å². The molecule has 0 saturated carbocycles. The van der Waals surface area contributed by atoms with Gasteiger partial charge in [0.1, 0.15) is 11.5 Å². The maximum absolute atomic E-state index is 12.2. The van der Waals surface area contributed by atoms with E-state index in [9.17, 15) is 9.59 Å². The van der Waals surface area contributed by atoms with Crippen LogP contribution in [0.2, 0.25) is 0 Å². The molecule has 29 heavy (non-hydrogen) atoms. The number of carbonyl (C=O) groups excluding carboxylic acids is 1. The van der Waals surface area contributed by atoms with Crippen LogP contribution in [0, 0.1) is 13.8 Å². The van der Waals surface area contributed by atoms with E-state index < -0.39 is 0 Å². The van der Waals surface area contributed by atoms with Gasteiger partial charge in [-0.25, -0.2) is 14.8 Å². The molecule has 7 heteroatoms. The van der Waals surface area contributed by atoms with E-state index in [0.29, 0.717) is 22.8 Å². The summed E-state index contributed by atoms with van der Waals surface area (Å²) in [6.45, 7) is 3.75. The van der Waals surface area contributed by atoms with Crippen molar-refractivity contribution >= 4 is 23.2 Å². The summed E-state index contributed by atoms with van der Waals surface area (Å²) in [5.74, 6) is 0.435. The van der Waals surface area contributed by atoms with Crippen LogP contribution < -0.4 is 16.2 Å². The molecule has 0 aliphatic rings. The van der Waals surface area contributed by atoms with Gasteiger partial charge in [-0.05, 0) is 61.4 Å². The quantitative estimate of drug-likeness (QED) is 0.558. The number of anilines is 2. The summed E-state index contributed by atoms with van der Waals surface area (Å²) in [6, 6.07) is 15.9. The highest BCUT2D eigenvalue weighted by Crippen LogP contribution is 2.20. The lowest BCUT2D eigenvalue weighted by atomic mass is 10.1. The summed E-state index contributed by atoms with van der Waals surface area (Å²) in [7, 11) is 0. The Morgan fingerprint density at radius 3 is 2.59 bits per heavy atom. The average molecular weight is 385 g/mol. The first-order valence-corrected chi connectivity index (χ1v) is 9.09. The zero-order valence-corrected chi connectivity index (χ0v) is 16.0. The highest BCUT2D eigenvalue weighted by molar-refractivity contribution is 5.99. The van der Waals surface area contributed by atoms with Crippen LogP contribution in [0.4, 0.5) is 16.3 Å². The molecule has 0 atom stereocenters. The van der Waals surface area contributed by atoms with Gasteiger partial charge in [-0.2, -0.15) is 0 Å². The van der Waals surface area contributed by atoms with Gasteiger partial charge in [0.25, 0.3) is 5.56 Å². The second-order valence-corrected chi connectivity index (χ2v) is 6.76. The standard InChI is InChI=1S/C22H19N5O2/c1-14-4-3-5-18(10-14)25-22(29)26-19-7-6-17(13-23-19)16-8-9-27-20(12-16)24-15(2)11-21(27)28/h3-13H,1-2H3,(H2,23,25,26,29). The van der Waals surface area contributed by atoms with E-state index in [1.807, 2.05) is 49.4 Å². The maximum atomic E-state index is 12.2. The number of aryl methyl sites for hydroxylation is 2. The van der Waals surface area contributed by atoms with Gasteiger partial charge in [0, 0.05) is 35.4 Å². The zero-order chi connectivity index (χ0) is 20.4. The molecule has 0 radical (unpaired) electrons. The van der Waals surface area contributed by atoms with Crippen molar-refractivity contribution in [1.82, 2.24) is 14.4 Å². The highest BCUT2D eigenvalue weighted by atomic mass is 16.2. The molecule has 7 nitrogen and oxygen atoms in total. The van der Waals surface area contributed by atoms with E-state index in [4.69, 9.17) is 0 Å². The molecule has 3 aromatic heterocycles. The van der Waals surface area contributed by atoms with Gasteiger partial charge < -0.3 is 5.32 Å². The number of amides is 2. The molecule has 0 aliphatic carbocycles. The van der Waals surface area contributed by atoms with Crippen molar-refractivity contribution in [3.8, 4) is 11.1 Å². The molecule has 1 aromatic carbocycles. The van der Waals surface area contributed by atoms with Gasteiger partial charge in [-0.1, -0.05) is 12.1 Å². The van der Waals surface area contributed by atoms with Crippen LogP contribution in [0.15, 0.2) is 71.8 Å². The Hall–Kier alpha value is -4.00. The average Bonchev–Trinajstić information content (AvgIpc) is 2.68. The molecule has 2 amide bonds. The lowest BCUT2D eigenvalue weighted by molar-refractivity contribution is 0.262.